The molecule has 0 fully saturated rings. The predicted molar refractivity (Wildman–Crippen MR) is 52.0 cm³/mol. The molecule has 1 aromatic rings. The van der Waals surface area contributed by atoms with Crippen molar-refractivity contribution >= 4 is 5.91 Å². The Kier molecular flexibility index (Phi) is 2.90. The Hall–Kier alpha value is -1.36. The van der Waals surface area contributed by atoms with Crippen LogP contribution in [0.3, 0.4) is 0 Å². The molecule has 0 unspecified atom stereocenters. The molecule has 0 aliphatic carbocycles. The maximum atomic E-state index is 11.6. The molecule has 0 aromatic carbocycles. The molecule has 0 spiro atoms. The highest BCUT2D eigenvalue weighted by Crippen LogP contribution is 2.06. The predicted octanol–water partition coefficient (Wildman–Crippen LogP) is 0.219. The molecule has 0 radical (unpaired) electrons. The molecular weight excluding hydrogens is 182 g/mol. The van der Waals surface area contributed by atoms with Crippen molar-refractivity contribution in [3.8, 4) is 0 Å². The van der Waals surface area contributed by atoms with Crippen molar-refractivity contribution in [2.24, 2.45) is 0 Å². The largest absolute Gasteiger partial charge is 0.394 e. The van der Waals surface area contributed by atoms with Crippen LogP contribution in [0.4, 0.5) is 0 Å². The summed E-state index contributed by atoms with van der Waals surface area (Å²) in [6.45, 7) is 5.17. The summed E-state index contributed by atoms with van der Waals surface area (Å²) in [4.78, 5) is 11.6. The molecule has 14 heavy (non-hydrogen) atoms. The molecule has 5 nitrogen and oxygen atoms in total. The highest BCUT2D eigenvalue weighted by Gasteiger charge is 2.21. The van der Waals surface area contributed by atoms with Crippen LogP contribution in [0.5, 0.6) is 0 Å². The van der Waals surface area contributed by atoms with Crippen LogP contribution in [0.25, 0.3) is 0 Å². The van der Waals surface area contributed by atoms with E-state index in [1.807, 2.05) is 0 Å². The lowest BCUT2D eigenvalue weighted by atomic mass is 10.1. The van der Waals surface area contributed by atoms with Crippen LogP contribution >= 0.6 is 0 Å². The lowest BCUT2D eigenvalue weighted by molar-refractivity contribution is 0.0869. The highest BCUT2D eigenvalue weighted by atomic mass is 16.3. The molecule has 1 amide bonds. The van der Waals surface area contributed by atoms with Crippen molar-refractivity contribution in [1.82, 2.24) is 15.5 Å². The summed E-state index contributed by atoms with van der Waals surface area (Å²) < 4.78 is 0. The number of carbonyl (C=O) groups is 1. The molecular formula is C9H15N3O2. The van der Waals surface area contributed by atoms with E-state index in [-0.39, 0.29) is 12.5 Å². The average molecular weight is 197 g/mol. The molecule has 0 aliphatic heterocycles. The van der Waals surface area contributed by atoms with Gasteiger partial charge in [0, 0.05) is 5.69 Å². The van der Waals surface area contributed by atoms with E-state index in [2.05, 4.69) is 15.5 Å². The topological polar surface area (TPSA) is 78.0 Å². The summed E-state index contributed by atoms with van der Waals surface area (Å²) in [6.07, 6.45) is 1.47. The zero-order valence-electron chi connectivity index (χ0n) is 8.59. The number of rotatable bonds is 3. The van der Waals surface area contributed by atoms with Gasteiger partial charge in [0.2, 0.25) is 0 Å². The second kappa shape index (κ2) is 3.79. The summed E-state index contributed by atoms with van der Waals surface area (Å²) in [5.74, 6) is -0.227. The second-order valence-electron chi connectivity index (χ2n) is 3.90. The normalized spacial score (nSPS) is 11.4. The van der Waals surface area contributed by atoms with Crippen LogP contribution in [0, 0.1) is 6.92 Å². The first kappa shape index (κ1) is 10.7. The molecule has 0 aliphatic rings. The summed E-state index contributed by atoms with van der Waals surface area (Å²) in [7, 11) is 0. The van der Waals surface area contributed by atoms with Crippen LogP contribution < -0.4 is 5.32 Å². The van der Waals surface area contributed by atoms with E-state index >= 15 is 0 Å². The number of nitrogens with zero attached hydrogens (tertiary/aromatic N) is 1. The number of hydrogen-bond donors (Lipinski definition) is 3. The minimum atomic E-state index is -0.610. The van der Waals surface area contributed by atoms with Crippen LogP contribution in [0.2, 0.25) is 0 Å². The Bertz CT molecular complexity index is 331. The molecule has 0 atom stereocenters. The Labute approximate surface area is 82.5 Å². The van der Waals surface area contributed by atoms with Crippen molar-refractivity contribution in [1.29, 1.82) is 0 Å². The summed E-state index contributed by atoms with van der Waals surface area (Å²) in [6, 6.07) is 0. The molecule has 1 heterocycles. The van der Waals surface area contributed by atoms with Gasteiger partial charge < -0.3 is 10.4 Å². The SMILES string of the molecule is Cc1[nH]ncc1C(=O)NC(C)(C)CO. The van der Waals surface area contributed by atoms with Crippen LogP contribution in [-0.2, 0) is 0 Å². The van der Waals surface area contributed by atoms with E-state index in [1.165, 1.54) is 6.20 Å². The number of aryl methyl sites for hydroxylation is 1. The van der Waals surface area contributed by atoms with Gasteiger partial charge in [-0.1, -0.05) is 0 Å². The van der Waals surface area contributed by atoms with Gasteiger partial charge in [-0.05, 0) is 20.8 Å². The zero-order chi connectivity index (χ0) is 10.8. The fraction of sp³-hybridized carbons (Fsp3) is 0.556. The average Bonchev–Trinajstić information content (AvgIpc) is 2.51. The Morgan fingerprint density at radius 1 is 1.71 bits per heavy atom. The number of carbonyl (C=O) groups excluding carboxylic acids is 1. The molecule has 3 N–H and O–H groups in total. The van der Waals surface area contributed by atoms with Crippen molar-refractivity contribution in [2.45, 2.75) is 26.3 Å². The van der Waals surface area contributed by atoms with Crippen LogP contribution in [-0.4, -0.2) is 33.4 Å². The van der Waals surface area contributed by atoms with E-state index in [0.29, 0.717) is 5.56 Å². The Morgan fingerprint density at radius 2 is 2.36 bits per heavy atom. The smallest absolute Gasteiger partial charge is 0.255 e. The monoisotopic (exact) mass is 197 g/mol. The third-order valence-corrected chi connectivity index (χ3v) is 1.92. The Balaban J connectivity index is 2.73. The second-order valence-corrected chi connectivity index (χ2v) is 3.90. The minimum absolute atomic E-state index is 0.102. The zero-order valence-corrected chi connectivity index (χ0v) is 8.59. The standard InChI is InChI=1S/C9H15N3O2/c1-6-7(4-10-12-6)8(14)11-9(2,3)5-13/h4,13H,5H2,1-3H3,(H,10,12)(H,11,14). The lowest BCUT2D eigenvalue weighted by Crippen LogP contribution is -2.46. The van der Waals surface area contributed by atoms with Gasteiger partial charge >= 0.3 is 0 Å². The molecule has 5 heteroatoms. The van der Waals surface area contributed by atoms with Crippen molar-refractivity contribution < 1.29 is 9.90 Å². The third-order valence-electron chi connectivity index (χ3n) is 1.92. The van der Waals surface area contributed by atoms with Gasteiger partial charge in [-0.3, -0.25) is 9.89 Å². The van der Waals surface area contributed by atoms with E-state index < -0.39 is 5.54 Å². The molecule has 1 aromatic heterocycles. The number of nitrogens with one attached hydrogen (secondary N) is 2. The number of aliphatic hydroxyl groups is 1. The lowest BCUT2D eigenvalue weighted by Gasteiger charge is -2.23. The number of aliphatic hydroxyl groups excluding tert-OH is 1. The van der Waals surface area contributed by atoms with Crippen molar-refractivity contribution in [2.75, 3.05) is 6.61 Å². The van der Waals surface area contributed by atoms with Gasteiger partial charge in [0.15, 0.2) is 0 Å². The van der Waals surface area contributed by atoms with Crippen molar-refractivity contribution in [3.05, 3.63) is 17.5 Å². The highest BCUT2D eigenvalue weighted by molar-refractivity contribution is 5.95. The fourth-order valence-corrected chi connectivity index (χ4v) is 0.994. The quantitative estimate of drug-likeness (QED) is 0.648. The van der Waals surface area contributed by atoms with E-state index in [4.69, 9.17) is 5.11 Å². The van der Waals surface area contributed by atoms with Crippen LogP contribution in [0.1, 0.15) is 29.9 Å². The summed E-state index contributed by atoms with van der Waals surface area (Å²) in [5.41, 5.74) is 0.614. The van der Waals surface area contributed by atoms with Crippen LogP contribution in [0.15, 0.2) is 6.20 Å². The van der Waals surface area contributed by atoms with E-state index in [1.54, 1.807) is 20.8 Å². The number of aromatic amines is 1. The number of hydrogen-bond acceptors (Lipinski definition) is 3. The maximum Gasteiger partial charge on any atom is 0.255 e. The maximum absolute atomic E-state index is 11.6. The van der Waals surface area contributed by atoms with Gasteiger partial charge in [0.1, 0.15) is 0 Å². The third kappa shape index (κ3) is 2.32. The Morgan fingerprint density at radius 3 is 2.79 bits per heavy atom. The van der Waals surface area contributed by atoms with Crippen molar-refractivity contribution in [3.63, 3.8) is 0 Å². The van der Waals surface area contributed by atoms with Gasteiger partial charge in [0.25, 0.3) is 5.91 Å². The first-order valence-corrected chi connectivity index (χ1v) is 4.39. The first-order valence-electron chi connectivity index (χ1n) is 4.39. The fourth-order valence-electron chi connectivity index (χ4n) is 0.994. The van der Waals surface area contributed by atoms with Gasteiger partial charge in [-0.15, -0.1) is 0 Å². The molecule has 1 rings (SSSR count). The number of aromatic nitrogens is 2. The van der Waals surface area contributed by atoms with Gasteiger partial charge in [-0.2, -0.15) is 5.10 Å². The molecule has 0 saturated carbocycles. The summed E-state index contributed by atoms with van der Waals surface area (Å²) >= 11 is 0. The molecule has 0 bridgehead atoms. The summed E-state index contributed by atoms with van der Waals surface area (Å²) in [5, 5.41) is 18.1. The molecule has 0 saturated heterocycles. The van der Waals surface area contributed by atoms with Gasteiger partial charge in [0.05, 0.1) is 23.9 Å². The van der Waals surface area contributed by atoms with E-state index in [9.17, 15) is 4.79 Å². The first-order chi connectivity index (χ1) is 6.46. The number of amides is 1. The van der Waals surface area contributed by atoms with Gasteiger partial charge in [-0.25, -0.2) is 0 Å². The number of H-pyrrole nitrogens is 1. The van der Waals surface area contributed by atoms with E-state index in [0.717, 1.165) is 5.69 Å². The minimum Gasteiger partial charge on any atom is -0.394 e. The molecule has 78 valence electrons.